The molecule has 1 spiro atoms. The van der Waals surface area contributed by atoms with E-state index in [9.17, 15) is 9.59 Å². The summed E-state index contributed by atoms with van der Waals surface area (Å²) in [7, 11) is 0. The minimum atomic E-state index is -0.490. The van der Waals surface area contributed by atoms with Crippen LogP contribution in [0.2, 0.25) is 0 Å². The van der Waals surface area contributed by atoms with Crippen LogP contribution in [0.1, 0.15) is 29.9 Å². The highest BCUT2D eigenvalue weighted by Gasteiger charge is 2.48. The van der Waals surface area contributed by atoms with Gasteiger partial charge in [0.05, 0.1) is 17.5 Å². The fourth-order valence-corrected chi connectivity index (χ4v) is 3.77. The highest BCUT2D eigenvalue weighted by molar-refractivity contribution is 6.06. The standard InChI is InChI=1S/C18H19N3O3/c1-12-10-13(24-20-12)11-16(22)21-8-6-18(7-9-21)14-4-2-3-5-15(14)19-17(18)23/h2-5,10H,6-9,11H2,1H3,(H,19,23). The van der Waals surface area contributed by atoms with Gasteiger partial charge in [0.15, 0.2) is 0 Å². The Morgan fingerprint density at radius 1 is 1.33 bits per heavy atom. The maximum atomic E-state index is 12.5. The van der Waals surface area contributed by atoms with E-state index in [-0.39, 0.29) is 18.2 Å². The van der Waals surface area contributed by atoms with Gasteiger partial charge >= 0.3 is 0 Å². The van der Waals surface area contributed by atoms with Crippen molar-refractivity contribution in [2.75, 3.05) is 18.4 Å². The third-order valence-corrected chi connectivity index (χ3v) is 5.10. The van der Waals surface area contributed by atoms with E-state index in [1.165, 1.54) is 0 Å². The van der Waals surface area contributed by atoms with Gasteiger partial charge in [0, 0.05) is 24.8 Å². The van der Waals surface area contributed by atoms with E-state index in [4.69, 9.17) is 4.52 Å². The lowest BCUT2D eigenvalue weighted by Crippen LogP contribution is -2.48. The third kappa shape index (κ3) is 2.29. The molecule has 1 N–H and O–H groups in total. The average molecular weight is 325 g/mol. The molecule has 0 radical (unpaired) electrons. The Morgan fingerprint density at radius 2 is 2.08 bits per heavy atom. The van der Waals surface area contributed by atoms with Crippen LogP contribution >= 0.6 is 0 Å². The number of piperidine rings is 1. The van der Waals surface area contributed by atoms with Crippen molar-refractivity contribution in [2.45, 2.75) is 31.6 Å². The van der Waals surface area contributed by atoms with Crippen molar-refractivity contribution in [3.8, 4) is 0 Å². The Kier molecular flexibility index (Phi) is 3.40. The van der Waals surface area contributed by atoms with Crippen molar-refractivity contribution in [1.29, 1.82) is 0 Å². The number of hydrogen-bond donors (Lipinski definition) is 1. The fraction of sp³-hybridized carbons (Fsp3) is 0.389. The predicted molar refractivity (Wildman–Crippen MR) is 87.5 cm³/mol. The zero-order valence-corrected chi connectivity index (χ0v) is 13.5. The zero-order valence-electron chi connectivity index (χ0n) is 13.5. The molecule has 1 aromatic heterocycles. The van der Waals surface area contributed by atoms with Crippen molar-refractivity contribution in [3.63, 3.8) is 0 Å². The number of rotatable bonds is 2. The van der Waals surface area contributed by atoms with Crippen LogP contribution < -0.4 is 5.32 Å². The number of aromatic nitrogens is 1. The first-order valence-electron chi connectivity index (χ1n) is 8.19. The zero-order chi connectivity index (χ0) is 16.7. The van der Waals surface area contributed by atoms with Gasteiger partial charge in [-0.1, -0.05) is 23.4 Å². The van der Waals surface area contributed by atoms with Gasteiger partial charge in [-0.25, -0.2) is 0 Å². The van der Waals surface area contributed by atoms with E-state index >= 15 is 0 Å². The number of carbonyl (C=O) groups excluding carboxylic acids is 2. The van der Waals surface area contributed by atoms with Gasteiger partial charge in [-0.05, 0) is 31.4 Å². The molecule has 2 amide bonds. The van der Waals surface area contributed by atoms with Gasteiger partial charge in [0.1, 0.15) is 5.76 Å². The molecule has 0 unspecified atom stereocenters. The van der Waals surface area contributed by atoms with Gasteiger partial charge in [0.2, 0.25) is 11.8 Å². The van der Waals surface area contributed by atoms with Crippen molar-refractivity contribution >= 4 is 17.5 Å². The summed E-state index contributed by atoms with van der Waals surface area (Å²) in [5, 5.41) is 6.79. The summed E-state index contributed by atoms with van der Waals surface area (Å²) in [4.78, 5) is 26.8. The molecule has 1 aromatic carbocycles. The number of fused-ring (bicyclic) bond motifs is 2. The second-order valence-electron chi connectivity index (χ2n) is 6.57. The van der Waals surface area contributed by atoms with Gasteiger partial charge in [-0.3, -0.25) is 9.59 Å². The van der Waals surface area contributed by atoms with Gasteiger partial charge < -0.3 is 14.7 Å². The van der Waals surface area contributed by atoms with E-state index in [2.05, 4.69) is 10.5 Å². The van der Waals surface area contributed by atoms with Crippen molar-refractivity contribution < 1.29 is 14.1 Å². The summed E-state index contributed by atoms with van der Waals surface area (Å²) >= 11 is 0. The lowest BCUT2D eigenvalue weighted by Gasteiger charge is -2.38. The highest BCUT2D eigenvalue weighted by Crippen LogP contribution is 2.44. The van der Waals surface area contributed by atoms with Gasteiger partial charge in [-0.2, -0.15) is 0 Å². The number of para-hydroxylation sites is 1. The summed E-state index contributed by atoms with van der Waals surface area (Å²) in [6, 6.07) is 9.62. The van der Waals surface area contributed by atoms with E-state index < -0.39 is 5.41 Å². The van der Waals surface area contributed by atoms with Crippen LogP contribution in [-0.2, 0) is 21.4 Å². The lowest BCUT2D eigenvalue weighted by atomic mass is 9.73. The molecule has 2 aliphatic heterocycles. The molecule has 0 bridgehead atoms. The van der Waals surface area contributed by atoms with Crippen LogP contribution in [0.15, 0.2) is 34.9 Å². The number of amides is 2. The van der Waals surface area contributed by atoms with Crippen molar-refractivity contribution in [1.82, 2.24) is 10.1 Å². The molecule has 0 saturated carbocycles. The number of hydrogen-bond acceptors (Lipinski definition) is 4. The number of likely N-dealkylation sites (tertiary alicyclic amines) is 1. The Morgan fingerprint density at radius 3 is 2.79 bits per heavy atom. The summed E-state index contributed by atoms with van der Waals surface area (Å²) in [5.74, 6) is 0.663. The van der Waals surface area contributed by atoms with E-state index in [0.717, 1.165) is 16.9 Å². The van der Waals surface area contributed by atoms with E-state index in [1.807, 2.05) is 36.1 Å². The first kappa shape index (κ1) is 14.9. The second-order valence-corrected chi connectivity index (χ2v) is 6.57. The molecule has 3 heterocycles. The van der Waals surface area contributed by atoms with Gasteiger partial charge in [0.25, 0.3) is 0 Å². The number of nitrogens with one attached hydrogen (secondary N) is 1. The normalized spacial score (nSPS) is 18.5. The number of nitrogens with zero attached hydrogens (tertiary/aromatic N) is 2. The SMILES string of the molecule is Cc1cc(CC(=O)N2CCC3(CC2)C(=O)Nc2ccccc23)on1. The Bertz CT molecular complexity index is 803. The Labute approximate surface area is 139 Å². The first-order chi connectivity index (χ1) is 11.6. The Balaban J connectivity index is 1.47. The molecular formula is C18H19N3O3. The van der Waals surface area contributed by atoms with Crippen molar-refractivity contribution in [2.24, 2.45) is 0 Å². The number of benzene rings is 1. The molecule has 0 atom stereocenters. The maximum absolute atomic E-state index is 12.5. The minimum absolute atomic E-state index is 0.0210. The highest BCUT2D eigenvalue weighted by atomic mass is 16.5. The molecule has 0 aliphatic carbocycles. The van der Waals surface area contributed by atoms with Crippen molar-refractivity contribution in [3.05, 3.63) is 47.3 Å². The average Bonchev–Trinajstić information content (AvgIpc) is 3.10. The lowest BCUT2D eigenvalue weighted by molar-refractivity contribution is -0.134. The van der Waals surface area contributed by atoms with Crippen LogP contribution in [0.5, 0.6) is 0 Å². The Hall–Kier alpha value is -2.63. The summed E-state index contributed by atoms with van der Waals surface area (Å²) in [6.45, 7) is 2.99. The largest absolute Gasteiger partial charge is 0.361 e. The molecule has 6 heteroatoms. The predicted octanol–water partition coefficient (Wildman–Crippen LogP) is 2.04. The second kappa shape index (κ2) is 5.47. The number of carbonyl (C=O) groups is 2. The maximum Gasteiger partial charge on any atom is 0.235 e. The monoisotopic (exact) mass is 325 g/mol. The molecule has 1 saturated heterocycles. The summed E-state index contributed by atoms with van der Waals surface area (Å²) in [6.07, 6.45) is 1.52. The molecule has 24 heavy (non-hydrogen) atoms. The van der Waals surface area contributed by atoms with E-state index in [0.29, 0.717) is 31.7 Å². The summed E-state index contributed by atoms with van der Waals surface area (Å²) < 4.78 is 5.12. The minimum Gasteiger partial charge on any atom is -0.361 e. The van der Waals surface area contributed by atoms with E-state index in [1.54, 1.807) is 6.07 Å². The van der Waals surface area contributed by atoms with Crippen LogP contribution in [0.3, 0.4) is 0 Å². The molecule has 6 nitrogen and oxygen atoms in total. The van der Waals surface area contributed by atoms with Crippen LogP contribution in [-0.4, -0.2) is 35.0 Å². The number of aryl methyl sites for hydroxylation is 1. The quantitative estimate of drug-likeness (QED) is 0.917. The molecule has 2 aliphatic rings. The number of anilines is 1. The molecule has 1 fully saturated rings. The fourth-order valence-electron chi connectivity index (χ4n) is 3.77. The van der Waals surface area contributed by atoms with Gasteiger partial charge in [-0.15, -0.1) is 0 Å². The summed E-state index contributed by atoms with van der Waals surface area (Å²) in [5.41, 5.74) is 2.25. The molecule has 2 aromatic rings. The van der Waals surface area contributed by atoms with Crippen LogP contribution in [0.4, 0.5) is 5.69 Å². The molecule has 124 valence electrons. The molecule has 4 rings (SSSR count). The topological polar surface area (TPSA) is 75.4 Å². The smallest absolute Gasteiger partial charge is 0.235 e. The third-order valence-electron chi connectivity index (χ3n) is 5.10. The van der Waals surface area contributed by atoms with Crippen LogP contribution in [0, 0.1) is 6.92 Å². The molecular weight excluding hydrogens is 306 g/mol. The van der Waals surface area contributed by atoms with Crippen LogP contribution in [0.25, 0.3) is 0 Å². The first-order valence-corrected chi connectivity index (χ1v) is 8.19.